The molecule has 1 saturated carbocycles. The molecule has 1 aliphatic carbocycles. The Morgan fingerprint density at radius 1 is 0.968 bits per heavy atom. The lowest BCUT2D eigenvalue weighted by Crippen LogP contribution is -2.35. The Bertz CT molecular complexity index is 760. The van der Waals surface area contributed by atoms with Crippen molar-refractivity contribution in [3.8, 4) is 0 Å². The van der Waals surface area contributed by atoms with E-state index in [1.807, 2.05) is 0 Å². The molecule has 0 saturated heterocycles. The normalized spacial score (nSPS) is 19.2. The molecule has 31 heavy (non-hydrogen) atoms. The molecule has 1 nitrogen and oxygen atoms in total. The van der Waals surface area contributed by atoms with Gasteiger partial charge in [0.1, 0.15) is 6.10 Å². The maximum atomic E-state index is 6.75. The lowest BCUT2D eigenvalue weighted by Gasteiger charge is -2.41. The van der Waals surface area contributed by atoms with Gasteiger partial charge in [-0.15, -0.1) is 0 Å². The Morgan fingerprint density at radius 3 is 2.26 bits per heavy atom. The molecule has 168 valence electrons. The summed E-state index contributed by atoms with van der Waals surface area (Å²) < 4.78 is 6.75. The first-order valence-electron chi connectivity index (χ1n) is 12.5. The first kappa shape index (κ1) is 23.8. The maximum Gasteiger partial charge on any atom is 0.101 e. The van der Waals surface area contributed by atoms with Crippen molar-refractivity contribution in [3.05, 3.63) is 77.9 Å². The third kappa shape index (κ3) is 7.35. The molecule has 0 bridgehead atoms. The summed E-state index contributed by atoms with van der Waals surface area (Å²) in [7, 11) is 0. The van der Waals surface area contributed by atoms with Crippen LogP contribution in [0, 0.1) is 17.3 Å². The van der Waals surface area contributed by atoms with Crippen LogP contribution in [0.3, 0.4) is 0 Å². The largest absolute Gasteiger partial charge is 0.369 e. The van der Waals surface area contributed by atoms with Crippen LogP contribution in [-0.2, 0) is 4.74 Å². The smallest absolute Gasteiger partial charge is 0.101 e. The summed E-state index contributed by atoms with van der Waals surface area (Å²) >= 11 is 0. The van der Waals surface area contributed by atoms with Gasteiger partial charge in [-0.05, 0) is 47.6 Å². The molecule has 3 rings (SSSR count). The Hall–Kier alpha value is -1.86. The van der Waals surface area contributed by atoms with E-state index in [-0.39, 0.29) is 11.5 Å². The van der Waals surface area contributed by atoms with Gasteiger partial charge in [0.2, 0.25) is 0 Å². The highest BCUT2D eigenvalue weighted by atomic mass is 16.5. The molecule has 1 heteroatoms. The summed E-state index contributed by atoms with van der Waals surface area (Å²) in [6.45, 7) is 8.07. The average Bonchev–Trinajstić information content (AvgIpc) is 2.84. The van der Waals surface area contributed by atoms with Crippen molar-refractivity contribution >= 4 is 6.08 Å². The van der Waals surface area contributed by atoms with Crippen LogP contribution in [0.2, 0.25) is 0 Å². The molecule has 0 spiro atoms. The minimum absolute atomic E-state index is 0.00656. The lowest BCUT2D eigenvalue weighted by atomic mass is 9.67. The molecule has 0 aromatic heterocycles. The van der Waals surface area contributed by atoms with Gasteiger partial charge in [-0.25, -0.2) is 0 Å². The van der Waals surface area contributed by atoms with Gasteiger partial charge in [0, 0.05) is 0 Å². The zero-order chi connectivity index (χ0) is 21.9. The van der Waals surface area contributed by atoms with Crippen LogP contribution in [0.5, 0.6) is 0 Å². The fourth-order valence-corrected chi connectivity index (χ4v) is 4.92. The molecule has 0 aliphatic heterocycles. The molecular formula is C30H42O. The Labute approximate surface area is 190 Å². The monoisotopic (exact) mass is 418 g/mol. The van der Waals surface area contributed by atoms with Gasteiger partial charge < -0.3 is 4.74 Å². The van der Waals surface area contributed by atoms with Crippen molar-refractivity contribution in [2.75, 3.05) is 6.61 Å². The Balaban J connectivity index is 1.76. The number of hydrogen-bond acceptors (Lipinski definition) is 1. The standard InChI is InChI=1S/C30H42O/c1-4-25(2)22-23-30(3,28-18-12-7-13-19-28)24-31-29(27-16-10-6-11-17-27)21-20-26-14-8-5-9-15-26/h5-6,8-11,14-17,20-21,25,28-29H,4,7,12-13,18-19,22-24H2,1-3H3. The average molecular weight is 419 g/mol. The second kappa shape index (κ2) is 12.2. The van der Waals surface area contributed by atoms with Gasteiger partial charge in [0.25, 0.3) is 0 Å². The highest BCUT2D eigenvalue weighted by Gasteiger charge is 2.35. The predicted octanol–water partition coefficient (Wildman–Crippen LogP) is 8.87. The topological polar surface area (TPSA) is 9.23 Å². The Morgan fingerprint density at radius 2 is 1.61 bits per heavy atom. The second-order valence-electron chi connectivity index (χ2n) is 9.95. The summed E-state index contributed by atoms with van der Waals surface area (Å²) in [5.74, 6) is 1.59. The van der Waals surface area contributed by atoms with Crippen LogP contribution in [-0.4, -0.2) is 6.61 Å². The van der Waals surface area contributed by atoms with E-state index in [0.29, 0.717) is 0 Å². The summed E-state index contributed by atoms with van der Waals surface area (Å²) in [5, 5.41) is 0. The van der Waals surface area contributed by atoms with Crippen LogP contribution >= 0.6 is 0 Å². The number of benzene rings is 2. The molecule has 1 fully saturated rings. The summed E-state index contributed by atoms with van der Waals surface area (Å²) in [6.07, 6.45) is 15.2. The van der Waals surface area contributed by atoms with Crippen molar-refractivity contribution in [1.82, 2.24) is 0 Å². The van der Waals surface area contributed by atoms with Gasteiger partial charge in [0.15, 0.2) is 0 Å². The van der Waals surface area contributed by atoms with Crippen LogP contribution in [0.4, 0.5) is 0 Å². The highest BCUT2D eigenvalue weighted by molar-refractivity contribution is 5.50. The fourth-order valence-electron chi connectivity index (χ4n) is 4.92. The SMILES string of the molecule is CCC(C)CCC(C)(COC(C=Cc1ccccc1)c1ccccc1)C1CCCCC1. The van der Waals surface area contributed by atoms with Crippen LogP contribution in [0.25, 0.3) is 6.08 Å². The molecular weight excluding hydrogens is 376 g/mol. The molecule has 1 aliphatic rings. The molecule has 3 atom stereocenters. The van der Waals surface area contributed by atoms with E-state index in [0.717, 1.165) is 18.4 Å². The van der Waals surface area contributed by atoms with Gasteiger partial charge in [0.05, 0.1) is 6.61 Å². The van der Waals surface area contributed by atoms with Crippen molar-refractivity contribution in [2.45, 2.75) is 78.2 Å². The van der Waals surface area contributed by atoms with E-state index in [4.69, 9.17) is 4.74 Å². The van der Waals surface area contributed by atoms with Crippen LogP contribution < -0.4 is 0 Å². The predicted molar refractivity (Wildman–Crippen MR) is 134 cm³/mol. The third-order valence-corrected chi connectivity index (χ3v) is 7.48. The molecule has 0 radical (unpaired) electrons. The molecule has 0 amide bonds. The number of hydrogen-bond donors (Lipinski definition) is 0. The van der Waals surface area contributed by atoms with Crippen molar-refractivity contribution in [2.24, 2.45) is 17.3 Å². The third-order valence-electron chi connectivity index (χ3n) is 7.48. The van der Waals surface area contributed by atoms with Crippen LogP contribution in [0.1, 0.15) is 89.4 Å². The first-order valence-corrected chi connectivity index (χ1v) is 12.5. The van der Waals surface area contributed by atoms with E-state index < -0.39 is 0 Å². The zero-order valence-electron chi connectivity index (χ0n) is 19.9. The van der Waals surface area contributed by atoms with E-state index in [2.05, 4.69) is 93.6 Å². The lowest BCUT2D eigenvalue weighted by molar-refractivity contribution is -0.0268. The van der Waals surface area contributed by atoms with E-state index >= 15 is 0 Å². The van der Waals surface area contributed by atoms with Gasteiger partial charge >= 0.3 is 0 Å². The van der Waals surface area contributed by atoms with E-state index in [9.17, 15) is 0 Å². The zero-order valence-corrected chi connectivity index (χ0v) is 19.9. The number of rotatable bonds is 11. The molecule has 3 unspecified atom stereocenters. The Kier molecular flexibility index (Phi) is 9.40. The van der Waals surface area contributed by atoms with Crippen molar-refractivity contribution in [1.29, 1.82) is 0 Å². The fraction of sp³-hybridized carbons (Fsp3) is 0.533. The second-order valence-corrected chi connectivity index (χ2v) is 9.95. The minimum atomic E-state index is -0.00656. The van der Waals surface area contributed by atoms with Gasteiger partial charge in [-0.3, -0.25) is 0 Å². The minimum Gasteiger partial charge on any atom is -0.369 e. The highest BCUT2D eigenvalue weighted by Crippen LogP contribution is 2.43. The maximum absolute atomic E-state index is 6.75. The van der Waals surface area contributed by atoms with Gasteiger partial charge in [-0.1, -0.05) is 126 Å². The summed E-state index contributed by atoms with van der Waals surface area (Å²) in [5.41, 5.74) is 2.72. The summed E-state index contributed by atoms with van der Waals surface area (Å²) in [6, 6.07) is 21.2. The van der Waals surface area contributed by atoms with E-state index in [1.165, 1.54) is 62.5 Å². The molecule has 0 heterocycles. The first-order chi connectivity index (χ1) is 15.1. The van der Waals surface area contributed by atoms with E-state index in [1.54, 1.807) is 0 Å². The van der Waals surface area contributed by atoms with Crippen LogP contribution in [0.15, 0.2) is 66.7 Å². The molecule has 0 N–H and O–H groups in total. The summed E-state index contributed by atoms with van der Waals surface area (Å²) in [4.78, 5) is 0. The molecule has 2 aromatic rings. The van der Waals surface area contributed by atoms with Gasteiger partial charge in [-0.2, -0.15) is 0 Å². The van der Waals surface area contributed by atoms with Crippen molar-refractivity contribution < 1.29 is 4.74 Å². The quantitative estimate of drug-likeness (QED) is 0.354. The molecule has 2 aromatic carbocycles. The van der Waals surface area contributed by atoms with Crippen molar-refractivity contribution in [3.63, 3.8) is 0 Å². The number of ether oxygens (including phenoxy) is 1.